The Bertz CT molecular complexity index is 734. The number of hydrogen-bond acceptors (Lipinski definition) is 4. The average Bonchev–Trinajstić information content (AvgIpc) is 2.69. The summed E-state index contributed by atoms with van der Waals surface area (Å²) >= 11 is 0. The molecule has 1 aliphatic carbocycles. The smallest absolute Gasteiger partial charge is 0.262 e. The number of anilines is 1. The zero-order valence-electron chi connectivity index (χ0n) is 11.4. The molecule has 2 aromatic heterocycles. The third-order valence-corrected chi connectivity index (χ3v) is 5.77. The van der Waals surface area contributed by atoms with Crippen LogP contribution in [-0.4, -0.2) is 35.7 Å². The maximum Gasteiger partial charge on any atom is 0.262 e. The van der Waals surface area contributed by atoms with E-state index in [4.69, 9.17) is 5.73 Å². The molecule has 0 spiro atoms. The summed E-state index contributed by atoms with van der Waals surface area (Å²) in [6.07, 6.45) is 5.06. The van der Waals surface area contributed by atoms with Gasteiger partial charge in [0, 0.05) is 19.8 Å². The van der Waals surface area contributed by atoms with Crippen molar-refractivity contribution in [3.63, 3.8) is 0 Å². The van der Waals surface area contributed by atoms with E-state index in [1.54, 1.807) is 31.4 Å². The number of pyridine rings is 1. The van der Waals surface area contributed by atoms with Gasteiger partial charge in [-0.3, -0.25) is 4.40 Å². The van der Waals surface area contributed by atoms with Gasteiger partial charge >= 0.3 is 0 Å². The minimum Gasteiger partial charge on any atom is -0.381 e. The van der Waals surface area contributed by atoms with Crippen LogP contribution in [0.5, 0.6) is 0 Å². The molecule has 0 saturated heterocycles. The van der Waals surface area contributed by atoms with Crippen molar-refractivity contribution in [1.29, 1.82) is 0 Å². The van der Waals surface area contributed by atoms with Crippen molar-refractivity contribution < 1.29 is 8.42 Å². The van der Waals surface area contributed by atoms with Crippen LogP contribution in [0, 0.1) is 5.92 Å². The Labute approximate surface area is 118 Å². The minimum absolute atomic E-state index is 0.0525. The third kappa shape index (κ3) is 2.06. The standard InChI is InChI=1S/C13H18N4O2S/c1-16(9-10-5-4-6-10)20(18,19)13-12(14)15-11-7-2-3-8-17(11)13/h2-3,7-8,10H,4-6,9,14H2,1H3. The van der Waals surface area contributed by atoms with Gasteiger partial charge in [0.15, 0.2) is 10.8 Å². The maximum atomic E-state index is 12.7. The second-order valence-corrected chi connectivity index (χ2v) is 7.27. The molecule has 2 aromatic rings. The fraction of sp³-hybridized carbons (Fsp3) is 0.462. The quantitative estimate of drug-likeness (QED) is 0.922. The van der Waals surface area contributed by atoms with Crippen molar-refractivity contribution in [3.05, 3.63) is 24.4 Å². The normalized spacial score (nSPS) is 16.7. The number of imidazole rings is 1. The first-order valence-electron chi connectivity index (χ1n) is 6.69. The molecule has 0 bridgehead atoms. The summed E-state index contributed by atoms with van der Waals surface area (Å²) in [5.41, 5.74) is 6.36. The van der Waals surface area contributed by atoms with Crippen molar-refractivity contribution in [3.8, 4) is 0 Å². The summed E-state index contributed by atoms with van der Waals surface area (Å²) in [6.45, 7) is 0.543. The molecule has 20 heavy (non-hydrogen) atoms. The van der Waals surface area contributed by atoms with E-state index in [0.717, 1.165) is 12.8 Å². The molecule has 1 saturated carbocycles. The van der Waals surface area contributed by atoms with E-state index in [0.29, 0.717) is 18.1 Å². The Kier molecular flexibility index (Phi) is 3.18. The Hall–Kier alpha value is -1.60. The van der Waals surface area contributed by atoms with Crippen LogP contribution in [0.4, 0.5) is 5.82 Å². The molecular weight excluding hydrogens is 276 g/mol. The lowest BCUT2D eigenvalue weighted by molar-refractivity contribution is 0.262. The highest BCUT2D eigenvalue weighted by molar-refractivity contribution is 7.89. The molecule has 6 nitrogen and oxygen atoms in total. The number of aromatic nitrogens is 2. The summed E-state index contributed by atoms with van der Waals surface area (Å²) < 4.78 is 28.3. The second-order valence-electron chi connectivity index (χ2n) is 5.31. The lowest BCUT2D eigenvalue weighted by Gasteiger charge is -2.29. The van der Waals surface area contributed by atoms with Gasteiger partial charge in [0.1, 0.15) is 5.65 Å². The zero-order valence-corrected chi connectivity index (χ0v) is 12.2. The van der Waals surface area contributed by atoms with Crippen LogP contribution in [0.15, 0.2) is 29.4 Å². The highest BCUT2D eigenvalue weighted by atomic mass is 32.2. The van der Waals surface area contributed by atoms with Crippen LogP contribution >= 0.6 is 0 Å². The molecule has 0 aromatic carbocycles. The number of rotatable bonds is 4. The van der Waals surface area contributed by atoms with E-state index >= 15 is 0 Å². The number of sulfonamides is 1. The summed E-state index contributed by atoms with van der Waals surface area (Å²) in [4.78, 5) is 4.11. The van der Waals surface area contributed by atoms with Crippen LogP contribution in [0.2, 0.25) is 0 Å². The molecule has 2 N–H and O–H groups in total. The van der Waals surface area contributed by atoms with Gasteiger partial charge in [-0.15, -0.1) is 0 Å². The summed E-state index contributed by atoms with van der Waals surface area (Å²) in [7, 11) is -2.01. The van der Waals surface area contributed by atoms with Crippen LogP contribution in [0.1, 0.15) is 19.3 Å². The molecular formula is C13H18N4O2S. The van der Waals surface area contributed by atoms with Crippen LogP contribution in [-0.2, 0) is 10.0 Å². The van der Waals surface area contributed by atoms with E-state index < -0.39 is 10.0 Å². The van der Waals surface area contributed by atoms with Crippen molar-refractivity contribution in [2.24, 2.45) is 5.92 Å². The van der Waals surface area contributed by atoms with Gasteiger partial charge in [-0.05, 0) is 30.9 Å². The SMILES string of the molecule is CN(CC1CCC1)S(=O)(=O)c1c(N)nc2ccccn12. The highest BCUT2D eigenvalue weighted by Gasteiger charge is 2.31. The predicted molar refractivity (Wildman–Crippen MR) is 76.8 cm³/mol. The first-order valence-corrected chi connectivity index (χ1v) is 8.13. The Morgan fingerprint density at radius 3 is 2.85 bits per heavy atom. The van der Waals surface area contributed by atoms with Crippen molar-refractivity contribution in [2.45, 2.75) is 24.3 Å². The zero-order chi connectivity index (χ0) is 14.3. The minimum atomic E-state index is -3.62. The fourth-order valence-electron chi connectivity index (χ4n) is 2.53. The lowest BCUT2D eigenvalue weighted by atomic mass is 9.86. The highest BCUT2D eigenvalue weighted by Crippen LogP contribution is 2.29. The Balaban J connectivity index is 2.01. The predicted octanol–water partition coefficient (Wildman–Crippen LogP) is 1.34. The van der Waals surface area contributed by atoms with Crippen LogP contribution in [0.3, 0.4) is 0 Å². The summed E-state index contributed by atoms with van der Waals surface area (Å²) in [5.74, 6) is 0.520. The van der Waals surface area contributed by atoms with Gasteiger partial charge in [-0.1, -0.05) is 12.5 Å². The molecule has 0 amide bonds. The Morgan fingerprint density at radius 2 is 2.20 bits per heavy atom. The molecule has 2 heterocycles. The first-order chi connectivity index (χ1) is 9.50. The molecule has 0 aliphatic heterocycles. The number of nitrogens with zero attached hydrogens (tertiary/aromatic N) is 3. The topological polar surface area (TPSA) is 80.7 Å². The molecule has 0 radical (unpaired) electrons. The number of hydrogen-bond donors (Lipinski definition) is 1. The fourth-order valence-corrected chi connectivity index (χ4v) is 3.95. The van der Waals surface area contributed by atoms with Crippen molar-refractivity contribution in [1.82, 2.24) is 13.7 Å². The monoisotopic (exact) mass is 294 g/mol. The van der Waals surface area contributed by atoms with Crippen LogP contribution < -0.4 is 5.73 Å². The van der Waals surface area contributed by atoms with E-state index in [1.165, 1.54) is 15.1 Å². The van der Waals surface area contributed by atoms with Gasteiger partial charge in [-0.2, -0.15) is 4.31 Å². The van der Waals surface area contributed by atoms with E-state index in [2.05, 4.69) is 4.98 Å². The molecule has 1 fully saturated rings. The van der Waals surface area contributed by atoms with Crippen molar-refractivity contribution in [2.75, 3.05) is 19.3 Å². The van der Waals surface area contributed by atoms with E-state index in [-0.39, 0.29) is 10.8 Å². The lowest BCUT2D eigenvalue weighted by Crippen LogP contribution is -2.35. The van der Waals surface area contributed by atoms with Gasteiger partial charge < -0.3 is 5.73 Å². The molecule has 3 rings (SSSR count). The average molecular weight is 294 g/mol. The molecule has 0 atom stereocenters. The van der Waals surface area contributed by atoms with Gasteiger partial charge in [0.05, 0.1) is 0 Å². The van der Waals surface area contributed by atoms with E-state index in [1.807, 2.05) is 0 Å². The Morgan fingerprint density at radius 1 is 1.45 bits per heavy atom. The molecule has 108 valence electrons. The van der Waals surface area contributed by atoms with E-state index in [9.17, 15) is 8.42 Å². The number of fused-ring (bicyclic) bond motifs is 1. The third-order valence-electron chi connectivity index (χ3n) is 3.91. The molecule has 0 unspecified atom stereocenters. The first kappa shape index (κ1) is 13.4. The molecule has 1 aliphatic rings. The molecule has 7 heteroatoms. The summed E-state index contributed by atoms with van der Waals surface area (Å²) in [5, 5.41) is 0.0647. The van der Waals surface area contributed by atoms with Gasteiger partial charge in [0.2, 0.25) is 0 Å². The largest absolute Gasteiger partial charge is 0.381 e. The maximum absolute atomic E-state index is 12.7. The number of nitrogen functional groups attached to an aromatic ring is 1. The van der Waals surface area contributed by atoms with Gasteiger partial charge in [-0.25, -0.2) is 13.4 Å². The number of nitrogens with two attached hydrogens (primary N) is 1. The second kappa shape index (κ2) is 4.75. The summed E-state index contributed by atoms with van der Waals surface area (Å²) in [6, 6.07) is 5.30. The van der Waals surface area contributed by atoms with Gasteiger partial charge in [0.25, 0.3) is 10.0 Å². The van der Waals surface area contributed by atoms with Crippen molar-refractivity contribution >= 4 is 21.5 Å². The van der Waals surface area contributed by atoms with Crippen LogP contribution in [0.25, 0.3) is 5.65 Å².